The molecule has 0 saturated carbocycles. The minimum absolute atomic E-state index is 0.316. The van der Waals surface area contributed by atoms with E-state index >= 15 is 0 Å². The van der Waals surface area contributed by atoms with E-state index in [0.717, 1.165) is 32.1 Å². The summed E-state index contributed by atoms with van der Waals surface area (Å²) in [6, 6.07) is 0. The zero-order valence-corrected chi connectivity index (χ0v) is 15.2. The highest BCUT2D eigenvalue weighted by atomic mass is 16.4. The second-order valence-corrected chi connectivity index (χ2v) is 4.62. The van der Waals surface area contributed by atoms with Gasteiger partial charge in [0.25, 0.3) is 0 Å². The molecular formula is C18H40O3. The number of aliphatic hydroxyl groups excluding tert-OH is 1. The Labute approximate surface area is 133 Å². The Bertz CT molecular complexity index is 162. The first-order chi connectivity index (χ1) is 10.0. The van der Waals surface area contributed by atoms with Crippen molar-refractivity contribution in [2.45, 2.75) is 92.4 Å². The number of rotatable bonds is 8. The third-order valence-corrected chi connectivity index (χ3v) is 2.29. The normalized spacial score (nSPS) is 8.10. The first-order valence-electron chi connectivity index (χ1n) is 8.45. The minimum Gasteiger partial charge on any atom is -0.481 e. The van der Waals surface area contributed by atoms with Crippen LogP contribution >= 0.6 is 0 Å². The molecule has 0 bridgehead atoms. The molecule has 0 atom stereocenters. The summed E-state index contributed by atoms with van der Waals surface area (Å²) in [6.45, 7) is 14.4. The van der Waals surface area contributed by atoms with Gasteiger partial charge in [-0.25, -0.2) is 0 Å². The van der Waals surface area contributed by atoms with Crippen LogP contribution in [0.1, 0.15) is 92.4 Å². The van der Waals surface area contributed by atoms with E-state index in [0.29, 0.717) is 13.0 Å². The van der Waals surface area contributed by atoms with E-state index in [1.54, 1.807) is 0 Å². The van der Waals surface area contributed by atoms with Crippen molar-refractivity contribution in [3.05, 3.63) is 12.7 Å². The molecule has 0 amide bonds. The number of allylic oxidation sites excluding steroid dienone is 1. The van der Waals surface area contributed by atoms with Gasteiger partial charge >= 0.3 is 5.97 Å². The Morgan fingerprint density at radius 2 is 1.33 bits per heavy atom. The van der Waals surface area contributed by atoms with Gasteiger partial charge in [0.1, 0.15) is 0 Å². The largest absolute Gasteiger partial charge is 0.481 e. The first kappa shape index (κ1) is 28.3. The van der Waals surface area contributed by atoms with Gasteiger partial charge in [0.15, 0.2) is 0 Å². The lowest BCUT2D eigenvalue weighted by Gasteiger charge is -1.85. The van der Waals surface area contributed by atoms with Crippen molar-refractivity contribution in [1.29, 1.82) is 0 Å². The van der Waals surface area contributed by atoms with Gasteiger partial charge in [-0.05, 0) is 19.3 Å². The Morgan fingerprint density at radius 3 is 1.43 bits per heavy atom. The Hall–Kier alpha value is -0.830. The highest BCUT2D eigenvalue weighted by Crippen LogP contribution is 1.91. The van der Waals surface area contributed by atoms with E-state index in [2.05, 4.69) is 34.3 Å². The molecule has 0 aromatic carbocycles. The number of carbonyl (C=O) groups is 1. The van der Waals surface area contributed by atoms with Crippen LogP contribution in [0.3, 0.4) is 0 Å². The van der Waals surface area contributed by atoms with Crippen LogP contribution in [0.5, 0.6) is 0 Å². The number of hydrogen-bond donors (Lipinski definition) is 2. The van der Waals surface area contributed by atoms with Crippen molar-refractivity contribution >= 4 is 5.97 Å². The second-order valence-electron chi connectivity index (χ2n) is 4.62. The van der Waals surface area contributed by atoms with Crippen molar-refractivity contribution in [2.75, 3.05) is 6.61 Å². The van der Waals surface area contributed by atoms with E-state index in [1.807, 2.05) is 13.0 Å². The Kier molecular flexibility index (Phi) is 49.3. The Balaban J connectivity index is -0.0000000948. The fraction of sp³-hybridized carbons (Fsp3) is 0.833. The van der Waals surface area contributed by atoms with Crippen molar-refractivity contribution in [1.82, 2.24) is 0 Å². The van der Waals surface area contributed by atoms with E-state index in [-0.39, 0.29) is 0 Å². The molecular weight excluding hydrogens is 264 g/mol. The number of unbranched alkanes of at least 4 members (excludes halogenated alkanes) is 4. The van der Waals surface area contributed by atoms with Crippen LogP contribution in [-0.4, -0.2) is 22.8 Å². The maximum atomic E-state index is 9.76. The summed E-state index contributed by atoms with van der Waals surface area (Å²) in [4.78, 5) is 9.76. The molecule has 3 nitrogen and oxygen atoms in total. The molecule has 0 radical (unpaired) electrons. The van der Waals surface area contributed by atoms with Gasteiger partial charge in [0.05, 0.1) is 0 Å². The number of hydrogen-bond acceptors (Lipinski definition) is 2. The predicted molar refractivity (Wildman–Crippen MR) is 94.8 cm³/mol. The molecule has 0 saturated heterocycles. The SMILES string of the molecule is C=CCC.CCCC.CCCCC(=O)O.CCCCCO. The maximum absolute atomic E-state index is 9.76. The van der Waals surface area contributed by atoms with E-state index < -0.39 is 5.97 Å². The zero-order valence-electron chi connectivity index (χ0n) is 15.2. The van der Waals surface area contributed by atoms with Crippen LogP contribution in [0, 0.1) is 0 Å². The molecule has 0 fully saturated rings. The molecule has 0 spiro atoms. The number of carboxylic acid groups (broad SMARTS) is 1. The summed E-state index contributed by atoms with van der Waals surface area (Å²) in [5.41, 5.74) is 0. The van der Waals surface area contributed by atoms with Crippen LogP contribution in [0.4, 0.5) is 0 Å². The minimum atomic E-state index is -0.693. The fourth-order valence-electron chi connectivity index (χ4n) is 0.690. The van der Waals surface area contributed by atoms with Crippen molar-refractivity contribution in [2.24, 2.45) is 0 Å². The van der Waals surface area contributed by atoms with Crippen LogP contribution in [0.25, 0.3) is 0 Å². The van der Waals surface area contributed by atoms with E-state index in [4.69, 9.17) is 10.2 Å². The quantitative estimate of drug-likeness (QED) is 0.439. The topological polar surface area (TPSA) is 57.5 Å². The second kappa shape index (κ2) is 36.5. The summed E-state index contributed by atoms with van der Waals surface area (Å²) in [7, 11) is 0. The van der Waals surface area contributed by atoms with Crippen molar-refractivity contribution in [3.63, 3.8) is 0 Å². The molecule has 0 unspecified atom stereocenters. The maximum Gasteiger partial charge on any atom is 0.303 e. The molecule has 0 aromatic rings. The molecule has 21 heavy (non-hydrogen) atoms. The number of carboxylic acids is 1. The van der Waals surface area contributed by atoms with Gasteiger partial charge < -0.3 is 10.2 Å². The lowest BCUT2D eigenvalue weighted by molar-refractivity contribution is -0.137. The summed E-state index contributed by atoms with van der Waals surface area (Å²) in [5.74, 6) is -0.693. The highest BCUT2D eigenvalue weighted by Gasteiger charge is 1.90. The molecule has 0 rings (SSSR count). The zero-order chi connectivity index (χ0) is 17.4. The summed E-state index contributed by atoms with van der Waals surface area (Å²) < 4.78 is 0. The van der Waals surface area contributed by atoms with Gasteiger partial charge in [-0.3, -0.25) is 4.79 Å². The van der Waals surface area contributed by atoms with Crippen LogP contribution in [-0.2, 0) is 4.79 Å². The molecule has 130 valence electrons. The molecule has 0 aliphatic rings. The fourth-order valence-corrected chi connectivity index (χ4v) is 0.690. The molecule has 0 aliphatic carbocycles. The smallest absolute Gasteiger partial charge is 0.303 e. The lowest BCUT2D eigenvalue weighted by atomic mass is 10.3. The molecule has 0 heterocycles. The van der Waals surface area contributed by atoms with Gasteiger partial charge in [-0.2, -0.15) is 0 Å². The third kappa shape index (κ3) is 84.7. The summed E-state index contributed by atoms with van der Waals surface area (Å²) in [5, 5.41) is 16.2. The molecule has 0 aromatic heterocycles. The Morgan fingerprint density at radius 1 is 0.905 bits per heavy atom. The third-order valence-electron chi connectivity index (χ3n) is 2.29. The van der Waals surface area contributed by atoms with Crippen molar-refractivity contribution in [3.8, 4) is 0 Å². The van der Waals surface area contributed by atoms with Gasteiger partial charge in [0.2, 0.25) is 0 Å². The predicted octanol–water partition coefficient (Wildman–Crippen LogP) is 5.82. The standard InChI is InChI=1S/C5H10O2.C5H12O.C4H10.C4H8/c1-2-3-4-5(6)7;1-2-3-4-5-6;2*1-3-4-2/h2-4H2,1H3,(H,6,7);6H,2-5H2,1H3;3-4H2,1-2H3;3H,1,4H2,2H3. The van der Waals surface area contributed by atoms with E-state index in [1.165, 1.54) is 19.3 Å². The first-order valence-corrected chi connectivity index (χ1v) is 8.45. The average molecular weight is 305 g/mol. The van der Waals surface area contributed by atoms with Gasteiger partial charge in [0, 0.05) is 13.0 Å². The molecule has 2 N–H and O–H groups in total. The summed E-state index contributed by atoms with van der Waals surface area (Å²) in [6.07, 6.45) is 11.0. The van der Waals surface area contributed by atoms with Crippen molar-refractivity contribution < 1.29 is 15.0 Å². The van der Waals surface area contributed by atoms with Gasteiger partial charge in [-0.15, -0.1) is 6.58 Å². The van der Waals surface area contributed by atoms with Gasteiger partial charge in [-0.1, -0.05) is 72.8 Å². The lowest BCUT2D eigenvalue weighted by Crippen LogP contribution is -1.91. The summed E-state index contributed by atoms with van der Waals surface area (Å²) >= 11 is 0. The molecule has 3 heteroatoms. The monoisotopic (exact) mass is 304 g/mol. The van der Waals surface area contributed by atoms with E-state index in [9.17, 15) is 4.79 Å². The molecule has 0 aliphatic heterocycles. The highest BCUT2D eigenvalue weighted by molar-refractivity contribution is 5.66. The average Bonchev–Trinajstić information content (AvgIpc) is 2.51. The number of aliphatic hydroxyl groups is 1. The van der Waals surface area contributed by atoms with Crippen LogP contribution in [0.2, 0.25) is 0 Å². The number of aliphatic carboxylic acids is 1. The van der Waals surface area contributed by atoms with Crippen LogP contribution in [0.15, 0.2) is 12.7 Å². The van der Waals surface area contributed by atoms with Crippen LogP contribution < -0.4 is 0 Å².